The molecule has 0 spiro atoms. The zero-order valence-electron chi connectivity index (χ0n) is 10.1. The van der Waals surface area contributed by atoms with Crippen molar-refractivity contribution in [3.63, 3.8) is 0 Å². The van der Waals surface area contributed by atoms with Gasteiger partial charge in [0.1, 0.15) is 11.6 Å². The summed E-state index contributed by atoms with van der Waals surface area (Å²) < 4.78 is 50.8. The lowest BCUT2D eigenvalue weighted by Gasteiger charge is -2.09. The predicted octanol–water partition coefficient (Wildman–Crippen LogP) is 3.28. The summed E-state index contributed by atoms with van der Waals surface area (Å²) in [4.78, 5) is -0.143. The Balaban J connectivity index is 2.41. The lowest BCUT2D eigenvalue weighted by atomic mass is 10.2. The van der Waals surface area contributed by atoms with Crippen LogP contribution in [0.25, 0.3) is 0 Å². The molecule has 2 rings (SSSR count). The zero-order chi connectivity index (χ0) is 14.9. The van der Waals surface area contributed by atoms with E-state index in [0.29, 0.717) is 10.0 Å². The SMILES string of the molecule is Nc1cc(F)ccc1S(=O)(=O)Cc1ccc(F)cc1Br. The Kier molecular flexibility index (Phi) is 4.10. The van der Waals surface area contributed by atoms with Crippen molar-refractivity contribution in [3.8, 4) is 0 Å². The Morgan fingerprint density at radius 3 is 2.25 bits per heavy atom. The third-order valence-corrected chi connectivity index (χ3v) is 5.14. The highest BCUT2D eigenvalue weighted by molar-refractivity contribution is 9.10. The fourth-order valence-electron chi connectivity index (χ4n) is 1.72. The van der Waals surface area contributed by atoms with Gasteiger partial charge >= 0.3 is 0 Å². The van der Waals surface area contributed by atoms with Crippen molar-refractivity contribution in [2.24, 2.45) is 0 Å². The van der Waals surface area contributed by atoms with Crippen molar-refractivity contribution in [3.05, 3.63) is 58.1 Å². The highest BCUT2D eigenvalue weighted by Gasteiger charge is 2.20. The number of benzene rings is 2. The molecule has 0 aliphatic rings. The van der Waals surface area contributed by atoms with Gasteiger partial charge in [0.2, 0.25) is 0 Å². The molecule has 0 heterocycles. The third-order valence-electron chi connectivity index (χ3n) is 2.67. The topological polar surface area (TPSA) is 60.2 Å². The molecule has 0 radical (unpaired) electrons. The summed E-state index contributed by atoms with van der Waals surface area (Å²) in [6, 6.07) is 6.83. The smallest absolute Gasteiger partial charge is 0.184 e. The van der Waals surface area contributed by atoms with Gasteiger partial charge in [-0.25, -0.2) is 17.2 Å². The highest BCUT2D eigenvalue weighted by Crippen LogP contribution is 2.26. The normalized spacial score (nSPS) is 11.6. The van der Waals surface area contributed by atoms with E-state index in [1.807, 2.05) is 0 Å². The predicted molar refractivity (Wildman–Crippen MR) is 75.8 cm³/mol. The number of halogens is 3. The fraction of sp³-hybridized carbons (Fsp3) is 0.0769. The minimum absolute atomic E-state index is 0.143. The minimum Gasteiger partial charge on any atom is -0.398 e. The lowest BCUT2D eigenvalue weighted by molar-refractivity contribution is 0.594. The first kappa shape index (κ1) is 14.9. The van der Waals surface area contributed by atoms with Crippen LogP contribution in [-0.4, -0.2) is 8.42 Å². The number of nitrogens with two attached hydrogens (primary N) is 1. The van der Waals surface area contributed by atoms with Crippen LogP contribution in [-0.2, 0) is 15.6 Å². The van der Waals surface area contributed by atoms with Crippen molar-refractivity contribution in [1.82, 2.24) is 0 Å². The molecule has 0 aliphatic heterocycles. The van der Waals surface area contributed by atoms with Gasteiger partial charge in [-0.15, -0.1) is 0 Å². The van der Waals surface area contributed by atoms with Crippen LogP contribution in [0.1, 0.15) is 5.56 Å². The van der Waals surface area contributed by atoms with Crippen molar-refractivity contribution in [2.45, 2.75) is 10.6 Å². The highest BCUT2D eigenvalue weighted by atomic mass is 79.9. The van der Waals surface area contributed by atoms with Crippen LogP contribution < -0.4 is 5.73 Å². The summed E-state index contributed by atoms with van der Waals surface area (Å²) in [5, 5.41) is 0. The van der Waals surface area contributed by atoms with E-state index in [2.05, 4.69) is 15.9 Å². The largest absolute Gasteiger partial charge is 0.398 e. The molecule has 2 aromatic rings. The molecule has 20 heavy (non-hydrogen) atoms. The van der Waals surface area contributed by atoms with Gasteiger partial charge in [0.05, 0.1) is 16.3 Å². The maximum Gasteiger partial charge on any atom is 0.184 e. The molecule has 0 amide bonds. The van der Waals surface area contributed by atoms with E-state index in [1.54, 1.807) is 0 Å². The second-order valence-corrected chi connectivity index (χ2v) is 6.99. The van der Waals surface area contributed by atoms with Crippen LogP contribution in [0.2, 0.25) is 0 Å². The van der Waals surface area contributed by atoms with E-state index in [-0.39, 0.29) is 16.3 Å². The average molecular weight is 362 g/mol. The van der Waals surface area contributed by atoms with Gasteiger partial charge in [-0.1, -0.05) is 22.0 Å². The fourth-order valence-corrected chi connectivity index (χ4v) is 3.91. The Morgan fingerprint density at radius 1 is 1.05 bits per heavy atom. The monoisotopic (exact) mass is 361 g/mol. The number of nitrogen functional groups attached to an aromatic ring is 1. The van der Waals surface area contributed by atoms with E-state index in [9.17, 15) is 17.2 Å². The molecule has 0 bridgehead atoms. The Hall–Kier alpha value is -1.47. The van der Waals surface area contributed by atoms with Crippen molar-refractivity contribution < 1.29 is 17.2 Å². The molecular formula is C13H10BrF2NO2S. The van der Waals surface area contributed by atoms with E-state index < -0.39 is 21.5 Å². The van der Waals surface area contributed by atoms with Gasteiger partial charge in [-0.2, -0.15) is 0 Å². The van der Waals surface area contributed by atoms with Gasteiger partial charge < -0.3 is 5.73 Å². The first-order chi connectivity index (χ1) is 9.29. The maximum atomic E-state index is 13.0. The van der Waals surface area contributed by atoms with E-state index in [1.165, 1.54) is 18.2 Å². The van der Waals surface area contributed by atoms with Crippen LogP contribution >= 0.6 is 15.9 Å². The number of anilines is 1. The second kappa shape index (κ2) is 5.49. The molecule has 0 aliphatic carbocycles. The summed E-state index contributed by atoms with van der Waals surface area (Å²) >= 11 is 3.11. The molecule has 0 fully saturated rings. The van der Waals surface area contributed by atoms with Gasteiger partial charge in [0, 0.05) is 4.47 Å². The van der Waals surface area contributed by atoms with Crippen molar-refractivity contribution in [1.29, 1.82) is 0 Å². The summed E-state index contributed by atoms with van der Waals surface area (Å²) in [6.45, 7) is 0. The molecule has 2 aromatic carbocycles. The summed E-state index contributed by atoms with van der Waals surface area (Å²) in [7, 11) is -3.74. The third kappa shape index (κ3) is 3.16. The van der Waals surface area contributed by atoms with Gasteiger partial charge in [0.15, 0.2) is 9.84 Å². The Labute approximate surface area is 123 Å². The van der Waals surface area contributed by atoms with Crippen LogP contribution in [0.5, 0.6) is 0 Å². The molecule has 0 saturated heterocycles. The van der Waals surface area contributed by atoms with E-state index >= 15 is 0 Å². The molecule has 0 saturated carbocycles. The van der Waals surface area contributed by atoms with Crippen LogP contribution in [0, 0.1) is 11.6 Å². The first-order valence-corrected chi connectivity index (χ1v) is 7.96. The van der Waals surface area contributed by atoms with Crippen LogP contribution in [0.15, 0.2) is 45.8 Å². The number of hydrogen-bond acceptors (Lipinski definition) is 3. The van der Waals surface area contributed by atoms with Crippen molar-refractivity contribution in [2.75, 3.05) is 5.73 Å². The second-order valence-electron chi connectivity index (χ2n) is 4.18. The van der Waals surface area contributed by atoms with E-state index in [4.69, 9.17) is 5.73 Å². The minimum atomic E-state index is -3.74. The Bertz CT molecular complexity index is 763. The van der Waals surface area contributed by atoms with Crippen LogP contribution in [0.4, 0.5) is 14.5 Å². The molecule has 0 unspecified atom stereocenters. The summed E-state index contributed by atoms with van der Waals surface area (Å²) in [5.74, 6) is -1.44. The van der Waals surface area contributed by atoms with Crippen LogP contribution in [0.3, 0.4) is 0 Å². The molecule has 3 nitrogen and oxygen atoms in total. The van der Waals surface area contributed by atoms with Gasteiger partial charge in [0.25, 0.3) is 0 Å². The molecular weight excluding hydrogens is 352 g/mol. The average Bonchev–Trinajstić information content (AvgIpc) is 2.32. The molecule has 0 aromatic heterocycles. The van der Waals surface area contributed by atoms with Gasteiger partial charge in [-0.3, -0.25) is 0 Å². The number of rotatable bonds is 3. The molecule has 0 atom stereocenters. The number of sulfone groups is 1. The summed E-state index contributed by atoms with van der Waals surface area (Å²) in [6.07, 6.45) is 0. The first-order valence-electron chi connectivity index (χ1n) is 5.51. The number of hydrogen-bond donors (Lipinski definition) is 1. The maximum absolute atomic E-state index is 13.0. The zero-order valence-corrected chi connectivity index (χ0v) is 12.5. The molecule has 106 valence electrons. The Morgan fingerprint density at radius 2 is 1.65 bits per heavy atom. The van der Waals surface area contributed by atoms with Crippen molar-refractivity contribution >= 4 is 31.5 Å². The standard InChI is InChI=1S/C13H10BrF2NO2S/c14-11-5-9(15)2-1-8(11)7-20(18,19)13-4-3-10(16)6-12(13)17/h1-6H,7,17H2. The van der Waals surface area contributed by atoms with Gasteiger partial charge in [-0.05, 0) is 35.9 Å². The lowest BCUT2D eigenvalue weighted by Crippen LogP contribution is -2.08. The quantitative estimate of drug-likeness (QED) is 0.673. The molecule has 7 heteroatoms. The molecule has 2 N–H and O–H groups in total. The van der Waals surface area contributed by atoms with E-state index in [0.717, 1.165) is 18.2 Å². The summed E-state index contributed by atoms with van der Waals surface area (Å²) in [5.41, 5.74) is 5.78.